The Kier molecular flexibility index (Phi) is 3.81. The van der Waals surface area contributed by atoms with Gasteiger partial charge in [-0.15, -0.1) is 0 Å². The summed E-state index contributed by atoms with van der Waals surface area (Å²) in [7, 11) is 0. The van der Waals surface area contributed by atoms with E-state index in [4.69, 9.17) is 0 Å². The largest absolute Gasteiger partial charge is 0.354 e. The molecular weight excluding hydrogens is 270 g/mol. The van der Waals surface area contributed by atoms with Crippen LogP contribution in [0.15, 0.2) is 48.7 Å². The standard InChI is InChI=1S/C19H23N3/c1-2-6-17-15-18(9-8-16(17)5-1)21-11-13-22(14-12-21)19-7-3-4-10-20-19/h1-7,10,18H,8-9,11-15H2/t18-/m0/s1. The van der Waals surface area contributed by atoms with Crippen LogP contribution in [0.2, 0.25) is 0 Å². The van der Waals surface area contributed by atoms with Crippen LogP contribution in [0.25, 0.3) is 0 Å². The zero-order valence-electron chi connectivity index (χ0n) is 13.0. The van der Waals surface area contributed by atoms with Gasteiger partial charge in [0.05, 0.1) is 0 Å². The van der Waals surface area contributed by atoms with Gasteiger partial charge in [-0.25, -0.2) is 4.98 Å². The number of piperazine rings is 1. The lowest BCUT2D eigenvalue weighted by Gasteiger charge is -2.41. The first-order valence-corrected chi connectivity index (χ1v) is 8.37. The SMILES string of the molecule is c1ccc(N2CCN([C@H]3CCc4ccccc4C3)CC2)nc1. The molecule has 114 valence electrons. The second-order valence-electron chi connectivity index (χ2n) is 6.38. The molecule has 0 N–H and O–H groups in total. The number of benzene rings is 1. The highest BCUT2D eigenvalue weighted by Crippen LogP contribution is 2.25. The van der Waals surface area contributed by atoms with Crippen molar-refractivity contribution in [3.63, 3.8) is 0 Å². The summed E-state index contributed by atoms with van der Waals surface area (Å²) in [6.07, 6.45) is 5.65. The number of hydrogen-bond donors (Lipinski definition) is 0. The van der Waals surface area contributed by atoms with Crippen molar-refractivity contribution in [1.82, 2.24) is 9.88 Å². The number of aromatic nitrogens is 1. The monoisotopic (exact) mass is 293 g/mol. The van der Waals surface area contributed by atoms with Crippen LogP contribution >= 0.6 is 0 Å². The van der Waals surface area contributed by atoms with Gasteiger partial charge in [-0.05, 0) is 42.5 Å². The lowest BCUT2D eigenvalue weighted by atomic mass is 9.87. The third-order valence-corrected chi connectivity index (χ3v) is 5.12. The van der Waals surface area contributed by atoms with E-state index in [2.05, 4.69) is 51.2 Å². The third-order valence-electron chi connectivity index (χ3n) is 5.12. The summed E-state index contributed by atoms with van der Waals surface area (Å²) in [4.78, 5) is 9.58. The Bertz CT molecular complexity index is 618. The van der Waals surface area contributed by atoms with Crippen molar-refractivity contribution in [3.05, 3.63) is 59.8 Å². The van der Waals surface area contributed by atoms with E-state index in [1.807, 2.05) is 12.3 Å². The van der Waals surface area contributed by atoms with Gasteiger partial charge in [-0.2, -0.15) is 0 Å². The molecule has 0 amide bonds. The summed E-state index contributed by atoms with van der Waals surface area (Å²) in [6.45, 7) is 4.50. The molecule has 0 spiro atoms. The average molecular weight is 293 g/mol. The Morgan fingerprint density at radius 2 is 1.64 bits per heavy atom. The molecule has 1 fully saturated rings. The molecular formula is C19H23N3. The Morgan fingerprint density at radius 3 is 2.41 bits per heavy atom. The molecule has 4 rings (SSSR count). The molecule has 22 heavy (non-hydrogen) atoms. The Morgan fingerprint density at radius 1 is 0.864 bits per heavy atom. The van der Waals surface area contributed by atoms with Gasteiger partial charge in [-0.3, -0.25) is 4.90 Å². The first-order chi connectivity index (χ1) is 10.9. The van der Waals surface area contributed by atoms with E-state index >= 15 is 0 Å². The zero-order valence-corrected chi connectivity index (χ0v) is 13.0. The quantitative estimate of drug-likeness (QED) is 0.849. The van der Waals surface area contributed by atoms with Crippen LogP contribution in [-0.4, -0.2) is 42.1 Å². The number of hydrogen-bond acceptors (Lipinski definition) is 3. The Hall–Kier alpha value is -1.87. The van der Waals surface area contributed by atoms with Gasteiger partial charge >= 0.3 is 0 Å². The molecule has 1 aliphatic heterocycles. The molecule has 1 atom stereocenters. The molecule has 1 aromatic carbocycles. The molecule has 2 aliphatic rings. The van der Waals surface area contributed by atoms with E-state index in [0.29, 0.717) is 0 Å². The minimum absolute atomic E-state index is 0.723. The highest BCUT2D eigenvalue weighted by molar-refractivity contribution is 5.38. The number of pyridine rings is 1. The summed E-state index contributed by atoms with van der Waals surface area (Å²) < 4.78 is 0. The van der Waals surface area contributed by atoms with Crippen LogP contribution in [0.1, 0.15) is 17.5 Å². The second kappa shape index (κ2) is 6.09. The molecule has 0 bridgehead atoms. The number of anilines is 1. The van der Waals surface area contributed by atoms with Crippen molar-refractivity contribution >= 4 is 5.82 Å². The van der Waals surface area contributed by atoms with E-state index in [-0.39, 0.29) is 0 Å². The smallest absolute Gasteiger partial charge is 0.128 e. The van der Waals surface area contributed by atoms with Crippen molar-refractivity contribution in [3.8, 4) is 0 Å². The normalized spacial score (nSPS) is 22.4. The Balaban J connectivity index is 1.38. The van der Waals surface area contributed by atoms with E-state index in [1.165, 1.54) is 19.3 Å². The van der Waals surface area contributed by atoms with E-state index in [9.17, 15) is 0 Å². The zero-order chi connectivity index (χ0) is 14.8. The topological polar surface area (TPSA) is 19.4 Å². The lowest BCUT2D eigenvalue weighted by Crippen LogP contribution is -2.52. The molecule has 3 nitrogen and oxygen atoms in total. The van der Waals surface area contributed by atoms with E-state index in [1.54, 1.807) is 11.1 Å². The fraction of sp³-hybridized carbons (Fsp3) is 0.421. The van der Waals surface area contributed by atoms with Gasteiger partial charge in [0.15, 0.2) is 0 Å². The molecule has 0 saturated carbocycles. The molecule has 0 radical (unpaired) electrons. The van der Waals surface area contributed by atoms with Crippen molar-refractivity contribution in [2.75, 3.05) is 31.1 Å². The number of fused-ring (bicyclic) bond motifs is 1. The summed E-state index contributed by atoms with van der Waals surface area (Å²) in [5.74, 6) is 1.12. The van der Waals surface area contributed by atoms with Crippen LogP contribution in [0.4, 0.5) is 5.82 Å². The van der Waals surface area contributed by atoms with Gasteiger partial charge in [0.25, 0.3) is 0 Å². The maximum absolute atomic E-state index is 4.48. The second-order valence-corrected chi connectivity index (χ2v) is 6.38. The highest BCUT2D eigenvalue weighted by atomic mass is 15.3. The molecule has 2 aromatic rings. The predicted molar refractivity (Wildman–Crippen MR) is 90.3 cm³/mol. The van der Waals surface area contributed by atoms with Crippen LogP contribution in [0.3, 0.4) is 0 Å². The molecule has 3 heteroatoms. The number of nitrogens with zero attached hydrogens (tertiary/aromatic N) is 3. The molecule has 0 unspecified atom stereocenters. The van der Waals surface area contributed by atoms with Crippen molar-refractivity contribution in [1.29, 1.82) is 0 Å². The number of aryl methyl sites for hydroxylation is 1. The number of rotatable bonds is 2. The summed E-state index contributed by atoms with van der Waals surface area (Å²) in [6, 6.07) is 15.9. The molecule has 1 saturated heterocycles. The van der Waals surface area contributed by atoms with Crippen molar-refractivity contribution in [2.45, 2.75) is 25.3 Å². The van der Waals surface area contributed by atoms with Gasteiger partial charge in [0.1, 0.15) is 5.82 Å². The van der Waals surface area contributed by atoms with Crippen molar-refractivity contribution < 1.29 is 0 Å². The minimum Gasteiger partial charge on any atom is -0.354 e. The van der Waals surface area contributed by atoms with Crippen LogP contribution in [0.5, 0.6) is 0 Å². The third kappa shape index (κ3) is 2.73. The lowest BCUT2D eigenvalue weighted by molar-refractivity contribution is 0.169. The van der Waals surface area contributed by atoms with E-state index in [0.717, 1.165) is 38.0 Å². The van der Waals surface area contributed by atoms with Gasteiger partial charge in [-0.1, -0.05) is 30.3 Å². The van der Waals surface area contributed by atoms with Crippen LogP contribution in [-0.2, 0) is 12.8 Å². The summed E-state index contributed by atoms with van der Waals surface area (Å²) in [5.41, 5.74) is 3.12. The molecule has 1 aliphatic carbocycles. The Labute approximate surface area is 132 Å². The fourth-order valence-electron chi connectivity index (χ4n) is 3.85. The first-order valence-electron chi connectivity index (χ1n) is 8.37. The van der Waals surface area contributed by atoms with Gasteiger partial charge < -0.3 is 4.90 Å². The minimum atomic E-state index is 0.723. The molecule has 2 heterocycles. The molecule has 1 aromatic heterocycles. The van der Waals surface area contributed by atoms with Gasteiger partial charge in [0.2, 0.25) is 0 Å². The predicted octanol–water partition coefficient (Wildman–Crippen LogP) is 2.76. The van der Waals surface area contributed by atoms with Crippen LogP contribution in [0, 0.1) is 0 Å². The average Bonchev–Trinajstić information content (AvgIpc) is 2.62. The fourth-order valence-corrected chi connectivity index (χ4v) is 3.85. The van der Waals surface area contributed by atoms with Gasteiger partial charge in [0, 0.05) is 38.4 Å². The van der Waals surface area contributed by atoms with Crippen LogP contribution < -0.4 is 4.90 Å². The van der Waals surface area contributed by atoms with E-state index < -0.39 is 0 Å². The first kappa shape index (κ1) is 13.8. The summed E-state index contributed by atoms with van der Waals surface area (Å²) >= 11 is 0. The summed E-state index contributed by atoms with van der Waals surface area (Å²) in [5, 5.41) is 0. The highest BCUT2D eigenvalue weighted by Gasteiger charge is 2.27. The maximum atomic E-state index is 4.48. The van der Waals surface area contributed by atoms with Crippen molar-refractivity contribution in [2.24, 2.45) is 0 Å². The maximum Gasteiger partial charge on any atom is 0.128 e.